The number of carbonyl (C=O) groups is 1. The zero-order valence-electron chi connectivity index (χ0n) is 17.7. The van der Waals surface area contributed by atoms with E-state index in [-0.39, 0.29) is 5.91 Å². The second-order valence-corrected chi connectivity index (χ2v) is 8.31. The molecule has 160 valence electrons. The Bertz CT molecular complexity index is 1030. The van der Waals surface area contributed by atoms with Crippen LogP contribution in [0, 0.1) is 11.8 Å². The lowest BCUT2D eigenvalue weighted by Crippen LogP contribution is -2.53. The molecule has 2 aliphatic rings. The average Bonchev–Trinajstić information content (AvgIpc) is 3.25. The van der Waals surface area contributed by atoms with Crippen LogP contribution in [-0.4, -0.2) is 54.0 Å². The van der Waals surface area contributed by atoms with Gasteiger partial charge in [-0.15, -0.1) is 0 Å². The zero-order chi connectivity index (χ0) is 21.2. The molecule has 6 nitrogen and oxygen atoms in total. The normalized spacial score (nSPS) is 17.4. The molecular formula is C25H27N3O3. The topological polar surface area (TPSA) is 56.6 Å². The van der Waals surface area contributed by atoms with Gasteiger partial charge in [0.25, 0.3) is 5.91 Å². The lowest BCUT2D eigenvalue weighted by atomic mass is 9.81. The van der Waals surface area contributed by atoms with Gasteiger partial charge >= 0.3 is 0 Å². The minimum absolute atomic E-state index is 0.00718. The third-order valence-electron chi connectivity index (χ3n) is 6.44. The van der Waals surface area contributed by atoms with Gasteiger partial charge in [-0.05, 0) is 67.1 Å². The molecule has 2 fully saturated rings. The molecule has 0 unspecified atom stereocenters. The molecule has 0 saturated carbocycles. The summed E-state index contributed by atoms with van der Waals surface area (Å²) in [4.78, 5) is 15.1. The summed E-state index contributed by atoms with van der Waals surface area (Å²) in [7, 11) is 1.65. The molecule has 2 saturated heterocycles. The van der Waals surface area contributed by atoms with Gasteiger partial charge in [0.1, 0.15) is 5.75 Å². The predicted molar refractivity (Wildman–Crippen MR) is 118 cm³/mol. The molecule has 5 rings (SSSR count). The van der Waals surface area contributed by atoms with Gasteiger partial charge in [-0.25, -0.2) is 4.68 Å². The van der Waals surface area contributed by atoms with Crippen LogP contribution in [0.1, 0.15) is 23.3 Å². The molecule has 0 radical (unpaired) electrons. The van der Waals surface area contributed by atoms with Crippen molar-refractivity contribution in [3.8, 4) is 22.7 Å². The monoisotopic (exact) mass is 417 g/mol. The second kappa shape index (κ2) is 8.55. The number of likely N-dealkylation sites (tertiary alicyclic amines) is 1. The third-order valence-corrected chi connectivity index (χ3v) is 6.44. The number of para-hydroxylation sites is 1. The fourth-order valence-electron chi connectivity index (χ4n) is 4.54. The summed E-state index contributed by atoms with van der Waals surface area (Å²) in [6.45, 7) is 3.34. The van der Waals surface area contributed by atoms with Crippen LogP contribution >= 0.6 is 0 Å². The van der Waals surface area contributed by atoms with Crippen molar-refractivity contribution in [3.63, 3.8) is 0 Å². The average molecular weight is 418 g/mol. The minimum atomic E-state index is 0.00718. The van der Waals surface area contributed by atoms with Crippen molar-refractivity contribution >= 4 is 5.91 Å². The molecule has 2 aromatic carbocycles. The Morgan fingerprint density at radius 3 is 2.39 bits per heavy atom. The van der Waals surface area contributed by atoms with Crippen LogP contribution in [0.15, 0.2) is 60.7 Å². The van der Waals surface area contributed by atoms with E-state index in [2.05, 4.69) is 0 Å². The molecule has 31 heavy (non-hydrogen) atoms. The number of hydrogen-bond donors (Lipinski definition) is 0. The first-order valence-electron chi connectivity index (χ1n) is 10.9. The Morgan fingerprint density at radius 1 is 1.00 bits per heavy atom. The van der Waals surface area contributed by atoms with Crippen molar-refractivity contribution in [1.29, 1.82) is 0 Å². The molecule has 3 heterocycles. The summed E-state index contributed by atoms with van der Waals surface area (Å²) in [6.07, 6.45) is 2.22. The highest BCUT2D eigenvalue weighted by atomic mass is 16.5. The van der Waals surface area contributed by atoms with Crippen molar-refractivity contribution in [1.82, 2.24) is 14.7 Å². The van der Waals surface area contributed by atoms with E-state index in [1.165, 1.54) is 0 Å². The largest absolute Gasteiger partial charge is 0.497 e. The summed E-state index contributed by atoms with van der Waals surface area (Å²) < 4.78 is 12.6. The van der Waals surface area contributed by atoms with Crippen LogP contribution in [0.25, 0.3) is 16.9 Å². The van der Waals surface area contributed by atoms with Gasteiger partial charge in [-0.2, -0.15) is 5.10 Å². The molecule has 0 aliphatic carbocycles. The third kappa shape index (κ3) is 3.95. The van der Waals surface area contributed by atoms with Crippen molar-refractivity contribution in [3.05, 3.63) is 66.4 Å². The van der Waals surface area contributed by atoms with E-state index in [0.29, 0.717) is 17.5 Å². The number of ether oxygens (including phenoxy) is 2. The van der Waals surface area contributed by atoms with Gasteiger partial charge in [0.2, 0.25) is 0 Å². The van der Waals surface area contributed by atoms with Crippen LogP contribution in [0.5, 0.6) is 5.75 Å². The quantitative estimate of drug-likeness (QED) is 0.629. The molecule has 2 aliphatic heterocycles. The van der Waals surface area contributed by atoms with E-state index in [1.807, 2.05) is 70.2 Å². The Labute approximate surface area is 182 Å². The van der Waals surface area contributed by atoms with E-state index >= 15 is 0 Å². The van der Waals surface area contributed by atoms with Crippen molar-refractivity contribution in [2.75, 3.05) is 33.4 Å². The van der Waals surface area contributed by atoms with Crippen LogP contribution in [0.2, 0.25) is 0 Å². The maximum Gasteiger partial charge on any atom is 0.274 e. The smallest absolute Gasteiger partial charge is 0.274 e. The van der Waals surface area contributed by atoms with Crippen LogP contribution in [0.3, 0.4) is 0 Å². The van der Waals surface area contributed by atoms with E-state index < -0.39 is 0 Å². The van der Waals surface area contributed by atoms with Crippen LogP contribution in [0.4, 0.5) is 0 Å². The number of carbonyl (C=O) groups excluding carboxylic acids is 1. The summed E-state index contributed by atoms with van der Waals surface area (Å²) in [5, 5.41) is 4.71. The van der Waals surface area contributed by atoms with E-state index in [4.69, 9.17) is 14.6 Å². The summed E-state index contributed by atoms with van der Waals surface area (Å²) in [5.74, 6) is 2.07. The van der Waals surface area contributed by atoms with Gasteiger partial charge < -0.3 is 14.4 Å². The molecule has 0 bridgehead atoms. The molecule has 0 N–H and O–H groups in total. The first kappa shape index (κ1) is 19.8. The number of hydrogen-bond acceptors (Lipinski definition) is 4. The Balaban J connectivity index is 1.40. The Hall–Kier alpha value is -3.12. The number of methoxy groups -OCH3 is 1. The lowest BCUT2D eigenvalue weighted by Gasteiger charge is -2.44. The fourth-order valence-corrected chi connectivity index (χ4v) is 4.54. The zero-order valence-corrected chi connectivity index (χ0v) is 17.7. The van der Waals surface area contributed by atoms with Crippen molar-refractivity contribution < 1.29 is 14.3 Å². The molecule has 0 spiro atoms. The highest BCUT2D eigenvalue weighted by Crippen LogP contribution is 2.33. The van der Waals surface area contributed by atoms with Gasteiger partial charge in [-0.1, -0.05) is 18.2 Å². The number of nitrogens with zero attached hydrogens (tertiary/aromatic N) is 3. The van der Waals surface area contributed by atoms with E-state index in [9.17, 15) is 4.79 Å². The number of amides is 1. The van der Waals surface area contributed by atoms with Gasteiger partial charge in [0.15, 0.2) is 5.69 Å². The second-order valence-electron chi connectivity index (χ2n) is 8.31. The Kier molecular flexibility index (Phi) is 5.47. The van der Waals surface area contributed by atoms with Crippen molar-refractivity contribution in [2.45, 2.75) is 12.8 Å². The molecule has 1 aromatic heterocycles. The van der Waals surface area contributed by atoms with Crippen molar-refractivity contribution in [2.24, 2.45) is 11.8 Å². The molecule has 0 atom stereocenters. The van der Waals surface area contributed by atoms with Gasteiger partial charge in [0.05, 0.1) is 18.5 Å². The van der Waals surface area contributed by atoms with E-state index in [0.717, 1.165) is 61.8 Å². The highest BCUT2D eigenvalue weighted by Gasteiger charge is 2.37. The van der Waals surface area contributed by atoms with Gasteiger partial charge in [-0.3, -0.25) is 4.79 Å². The molecule has 3 aromatic rings. The summed E-state index contributed by atoms with van der Waals surface area (Å²) in [5.41, 5.74) is 3.29. The number of benzene rings is 2. The maximum atomic E-state index is 13.2. The minimum Gasteiger partial charge on any atom is -0.497 e. The fraction of sp³-hybridized carbons (Fsp3) is 0.360. The predicted octanol–water partition coefficient (Wildman–Crippen LogP) is 4.05. The number of aromatic nitrogens is 2. The molecular weight excluding hydrogens is 390 g/mol. The lowest BCUT2D eigenvalue weighted by molar-refractivity contribution is -0.00289. The first-order chi connectivity index (χ1) is 15.2. The highest BCUT2D eigenvalue weighted by molar-refractivity contribution is 5.94. The summed E-state index contributed by atoms with van der Waals surface area (Å²) in [6, 6.07) is 19.7. The molecule has 6 heteroatoms. The Morgan fingerprint density at radius 2 is 1.71 bits per heavy atom. The molecule has 1 amide bonds. The van der Waals surface area contributed by atoms with E-state index in [1.54, 1.807) is 7.11 Å². The van der Waals surface area contributed by atoms with Gasteiger partial charge in [0, 0.05) is 31.9 Å². The standard InChI is InChI=1S/C25H27N3O3/c1-30-22-9-7-19(8-10-22)24-15-23(26-28(24)21-5-3-2-4-6-21)25(29)27-16-20(17-27)18-11-13-31-14-12-18/h2-10,15,18,20H,11-14,16-17H2,1H3. The van der Waals surface area contributed by atoms with Crippen LogP contribution in [-0.2, 0) is 4.74 Å². The first-order valence-corrected chi connectivity index (χ1v) is 10.9. The maximum absolute atomic E-state index is 13.2. The summed E-state index contributed by atoms with van der Waals surface area (Å²) >= 11 is 0. The van der Waals surface area contributed by atoms with Crippen LogP contribution < -0.4 is 4.74 Å². The number of rotatable bonds is 5. The SMILES string of the molecule is COc1ccc(-c2cc(C(=O)N3CC(C4CCOCC4)C3)nn2-c2ccccc2)cc1.